The molecule has 4 heterocycles. The molecule has 6 rings (SSSR count). The van der Waals surface area contributed by atoms with Crippen LogP contribution in [0.15, 0.2) is 58.4 Å². The first-order valence-corrected chi connectivity index (χ1v) is 14.0. The van der Waals surface area contributed by atoms with E-state index in [1.54, 1.807) is 29.2 Å². The van der Waals surface area contributed by atoms with Crippen molar-refractivity contribution in [1.82, 2.24) is 9.47 Å². The first kappa shape index (κ1) is 25.0. The number of thiazole rings is 1. The van der Waals surface area contributed by atoms with Crippen LogP contribution in [0, 0.1) is 18.7 Å². The van der Waals surface area contributed by atoms with E-state index in [1.165, 1.54) is 33.4 Å². The molecule has 0 N–H and O–H groups in total. The molecule has 3 aromatic rings. The lowest BCUT2D eigenvalue weighted by Gasteiger charge is -2.31. The van der Waals surface area contributed by atoms with Gasteiger partial charge in [0.05, 0.1) is 29.8 Å². The number of halogens is 1. The quantitative estimate of drug-likeness (QED) is 0.462. The second-order valence-corrected chi connectivity index (χ2v) is 11.7. The molecule has 38 heavy (non-hydrogen) atoms. The average Bonchev–Trinajstić information content (AvgIpc) is 3.36. The lowest BCUT2D eigenvalue weighted by atomic mass is 9.83. The Labute approximate surface area is 226 Å². The Morgan fingerprint density at radius 2 is 1.68 bits per heavy atom. The van der Waals surface area contributed by atoms with Crippen LogP contribution in [0.3, 0.4) is 0 Å². The van der Waals surface area contributed by atoms with Crippen LogP contribution in [0.25, 0.3) is 0 Å². The maximum atomic E-state index is 13.8. The van der Waals surface area contributed by atoms with Gasteiger partial charge in [0.2, 0.25) is 17.7 Å². The second kappa shape index (κ2) is 9.79. The molecular formula is C27H24FN3O5S2. The van der Waals surface area contributed by atoms with Crippen LogP contribution >= 0.6 is 23.1 Å². The number of hydrogen-bond donors (Lipinski definition) is 0. The number of imide groups is 1. The Morgan fingerprint density at radius 1 is 1.00 bits per heavy atom. The van der Waals surface area contributed by atoms with Crippen molar-refractivity contribution in [2.24, 2.45) is 5.92 Å². The van der Waals surface area contributed by atoms with Crippen LogP contribution in [-0.2, 0) is 25.7 Å². The maximum Gasteiger partial charge on any atom is 0.308 e. The third-order valence-electron chi connectivity index (χ3n) is 7.23. The molecule has 3 aliphatic rings. The van der Waals surface area contributed by atoms with Gasteiger partial charge >= 0.3 is 4.87 Å². The summed E-state index contributed by atoms with van der Waals surface area (Å²) >= 11 is 2.15. The van der Waals surface area contributed by atoms with Gasteiger partial charge in [-0.05, 0) is 36.8 Å². The number of anilines is 1. The number of carbonyl (C=O) groups excluding carboxylic acids is 3. The Bertz CT molecular complexity index is 1480. The number of rotatable bonds is 4. The molecule has 3 atom stereocenters. The fourth-order valence-corrected chi connectivity index (χ4v) is 8.05. The monoisotopic (exact) mass is 553 g/mol. The molecule has 0 spiro atoms. The smallest absolute Gasteiger partial charge is 0.308 e. The molecule has 1 aromatic heterocycles. The van der Waals surface area contributed by atoms with E-state index in [0.717, 1.165) is 16.9 Å². The molecule has 3 aliphatic heterocycles. The Balaban J connectivity index is 1.43. The van der Waals surface area contributed by atoms with Crippen molar-refractivity contribution in [3.05, 3.63) is 80.0 Å². The van der Waals surface area contributed by atoms with E-state index in [0.29, 0.717) is 47.5 Å². The first-order valence-electron chi connectivity index (χ1n) is 12.3. The number of aryl methyl sites for hydroxylation is 1. The summed E-state index contributed by atoms with van der Waals surface area (Å²) in [5, 5.41) is -0.269. The van der Waals surface area contributed by atoms with E-state index in [-0.39, 0.29) is 29.1 Å². The zero-order chi connectivity index (χ0) is 26.6. The summed E-state index contributed by atoms with van der Waals surface area (Å²) in [5.41, 5.74) is 2.13. The number of nitrogens with zero attached hydrogens (tertiary/aromatic N) is 3. The number of amides is 3. The third-order valence-corrected chi connectivity index (χ3v) is 9.83. The molecule has 3 amide bonds. The lowest BCUT2D eigenvalue weighted by Crippen LogP contribution is -2.43. The number of aromatic nitrogens is 1. The molecule has 0 aliphatic carbocycles. The van der Waals surface area contributed by atoms with Gasteiger partial charge in [-0.25, -0.2) is 9.29 Å². The summed E-state index contributed by atoms with van der Waals surface area (Å²) in [6, 6.07) is 13.0. The molecule has 2 aromatic carbocycles. The molecule has 2 unspecified atom stereocenters. The van der Waals surface area contributed by atoms with Crippen molar-refractivity contribution in [1.29, 1.82) is 0 Å². The van der Waals surface area contributed by atoms with Gasteiger partial charge in [-0.1, -0.05) is 52.9 Å². The summed E-state index contributed by atoms with van der Waals surface area (Å²) in [6.07, 6.45) is 0. The molecule has 0 saturated carbocycles. The van der Waals surface area contributed by atoms with Crippen molar-refractivity contribution < 1.29 is 23.5 Å². The van der Waals surface area contributed by atoms with Crippen LogP contribution in [0.2, 0.25) is 0 Å². The number of hydrogen-bond acceptors (Lipinski definition) is 7. The van der Waals surface area contributed by atoms with Crippen molar-refractivity contribution >= 4 is 46.5 Å². The van der Waals surface area contributed by atoms with Crippen molar-refractivity contribution in [2.75, 3.05) is 31.2 Å². The van der Waals surface area contributed by atoms with Gasteiger partial charge in [0.1, 0.15) is 17.6 Å². The molecule has 2 fully saturated rings. The Kier molecular flexibility index (Phi) is 6.45. The van der Waals surface area contributed by atoms with Gasteiger partial charge < -0.3 is 9.64 Å². The van der Waals surface area contributed by atoms with Gasteiger partial charge in [0.15, 0.2) is 0 Å². The minimum Gasteiger partial charge on any atom is -0.378 e. The Hall–Kier alpha value is -3.28. The first-order chi connectivity index (χ1) is 18.3. The van der Waals surface area contributed by atoms with E-state index >= 15 is 0 Å². The van der Waals surface area contributed by atoms with E-state index in [4.69, 9.17) is 4.74 Å². The minimum absolute atomic E-state index is 0.158. The number of carbonyl (C=O) groups is 3. The molecule has 196 valence electrons. The SMILES string of the molecule is Cc1ccc(N2C(=O)C3Sc4c(sc(=O)n4CC(=O)N4CCOCC4)[C@@H](c4ccc(F)cc4)C3C2=O)cc1. The van der Waals surface area contributed by atoms with Gasteiger partial charge in [-0.2, -0.15) is 0 Å². The van der Waals surface area contributed by atoms with Gasteiger partial charge in [-0.15, -0.1) is 0 Å². The number of fused-ring (bicyclic) bond motifs is 2. The second-order valence-electron chi connectivity index (χ2n) is 9.56. The van der Waals surface area contributed by atoms with Gasteiger partial charge in [-0.3, -0.25) is 23.7 Å². The highest BCUT2D eigenvalue weighted by Gasteiger charge is 2.56. The van der Waals surface area contributed by atoms with Crippen molar-refractivity contribution in [2.45, 2.75) is 29.7 Å². The fourth-order valence-electron chi connectivity index (χ4n) is 5.28. The fraction of sp³-hybridized carbons (Fsp3) is 0.333. The van der Waals surface area contributed by atoms with E-state index < -0.39 is 22.9 Å². The lowest BCUT2D eigenvalue weighted by molar-refractivity contribution is -0.136. The summed E-state index contributed by atoms with van der Waals surface area (Å²) in [6.45, 7) is 3.56. The molecular weight excluding hydrogens is 529 g/mol. The minimum atomic E-state index is -0.787. The van der Waals surface area contributed by atoms with Crippen LogP contribution in [-0.4, -0.2) is 58.7 Å². The Morgan fingerprint density at radius 3 is 2.37 bits per heavy atom. The van der Waals surface area contributed by atoms with E-state index in [1.807, 2.05) is 19.1 Å². The molecule has 11 heteroatoms. The van der Waals surface area contributed by atoms with Crippen molar-refractivity contribution in [3.63, 3.8) is 0 Å². The predicted octanol–water partition coefficient (Wildman–Crippen LogP) is 3.01. The normalized spacial score (nSPS) is 22.9. The molecule has 0 radical (unpaired) electrons. The molecule has 2 saturated heterocycles. The van der Waals surface area contributed by atoms with E-state index in [9.17, 15) is 23.6 Å². The summed E-state index contributed by atoms with van der Waals surface area (Å²) in [4.78, 5) is 57.0. The topological polar surface area (TPSA) is 88.9 Å². The van der Waals surface area contributed by atoms with Gasteiger partial charge in [0.25, 0.3) is 0 Å². The maximum absolute atomic E-state index is 13.8. The highest BCUT2D eigenvalue weighted by molar-refractivity contribution is 8.00. The zero-order valence-electron chi connectivity index (χ0n) is 20.5. The van der Waals surface area contributed by atoms with Crippen LogP contribution in [0.1, 0.15) is 21.9 Å². The van der Waals surface area contributed by atoms with Crippen LogP contribution < -0.4 is 9.77 Å². The zero-order valence-corrected chi connectivity index (χ0v) is 22.1. The summed E-state index contributed by atoms with van der Waals surface area (Å²) in [5.74, 6) is -2.74. The number of morpholine rings is 1. The highest BCUT2D eigenvalue weighted by atomic mass is 32.2. The number of thioether (sulfide) groups is 1. The highest BCUT2D eigenvalue weighted by Crippen LogP contribution is 2.53. The molecule has 0 bridgehead atoms. The van der Waals surface area contributed by atoms with Crippen molar-refractivity contribution in [3.8, 4) is 0 Å². The number of benzene rings is 2. The third kappa shape index (κ3) is 4.18. The predicted molar refractivity (Wildman–Crippen MR) is 141 cm³/mol. The van der Waals surface area contributed by atoms with Gasteiger partial charge in [0, 0.05) is 23.9 Å². The van der Waals surface area contributed by atoms with Crippen LogP contribution in [0.4, 0.5) is 10.1 Å². The summed E-state index contributed by atoms with van der Waals surface area (Å²) in [7, 11) is 0. The van der Waals surface area contributed by atoms with Crippen LogP contribution in [0.5, 0.6) is 0 Å². The molecule has 8 nitrogen and oxygen atoms in total. The largest absolute Gasteiger partial charge is 0.378 e. The average molecular weight is 554 g/mol. The van der Waals surface area contributed by atoms with E-state index in [2.05, 4.69) is 0 Å². The summed E-state index contributed by atoms with van der Waals surface area (Å²) < 4.78 is 20.6. The number of ether oxygens (including phenoxy) is 1. The standard InChI is InChI=1S/C27H24FN3O5S2/c1-15-2-8-18(9-3-15)31-24(33)21-20(16-4-6-17(28)7-5-16)23-26(37-22(21)25(31)34)30(27(35)38-23)14-19(32)29-10-12-36-13-11-29/h2-9,20-22H,10-14H2,1H3/t20-,21?,22?/m0/s1.